The number of hydrogen-bond donors (Lipinski definition) is 3. The Morgan fingerprint density at radius 3 is 2.71 bits per heavy atom. The molecule has 0 spiro atoms. The maximum absolute atomic E-state index is 12.3. The van der Waals surface area contributed by atoms with Gasteiger partial charge in [-0.05, 0) is 45.4 Å². The number of sulfonamides is 1. The van der Waals surface area contributed by atoms with Gasteiger partial charge in [-0.2, -0.15) is 0 Å². The van der Waals surface area contributed by atoms with Crippen LogP contribution in [0, 0.1) is 0 Å². The Labute approximate surface area is 127 Å². The number of benzene rings is 1. The van der Waals surface area contributed by atoms with E-state index in [2.05, 4.69) is 15.4 Å². The molecule has 0 bridgehead atoms. The minimum Gasteiger partial charge on any atom is -0.382 e. The molecule has 6 heteroatoms. The summed E-state index contributed by atoms with van der Waals surface area (Å²) >= 11 is 0. The van der Waals surface area contributed by atoms with Gasteiger partial charge in [-0.15, -0.1) is 0 Å². The van der Waals surface area contributed by atoms with E-state index in [1.165, 1.54) is 12.8 Å². The number of anilines is 1. The second-order valence-corrected chi connectivity index (χ2v) is 7.48. The van der Waals surface area contributed by atoms with Crippen LogP contribution in [0.4, 0.5) is 5.69 Å². The zero-order chi connectivity index (χ0) is 15.3. The molecule has 0 amide bonds. The molecule has 3 N–H and O–H groups in total. The molecule has 1 aliphatic rings. The van der Waals surface area contributed by atoms with Gasteiger partial charge in [0.05, 0.1) is 5.69 Å². The number of piperidine rings is 1. The minimum atomic E-state index is -3.48. The fraction of sp³-hybridized carbons (Fsp3) is 0.600. The zero-order valence-electron chi connectivity index (χ0n) is 12.7. The van der Waals surface area contributed by atoms with E-state index in [1.807, 2.05) is 26.0 Å². The van der Waals surface area contributed by atoms with Crippen LogP contribution in [-0.2, 0) is 10.0 Å². The first-order valence-corrected chi connectivity index (χ1v) is 9.06. The van der Waals surface area contributed by atoms with Crippen LogP contribution >= 0.6 is 0 Å². The molecule has 1 heterocycles. The molecule has 21 heavy (non-hydrogen) atoms. The van der Waals surface area contributed by atoms with E-state index in [0.717, 1.165) is 19.5 Å². The molecule has 1 unspecified atom stereocenters. The van der Waals surface area contributed by atoms with E-state index < -0.39 is 10.0 Å². The summed E-state index contributed by atoms with van der Waals surface area (Å²) in [5.74, 6) is 0. The van der Waals surface area contributed by atoms with Crippen LogP contribution in [0.25, 0.3) is 0 Å². The van der Waals surface area contributed by atoms with Gasteiger partial charge in [-0.3, -0.25) is 0 Å². The van der Waals surface area contributed by atoms with Crippen molar-refractivity contribution in [3.63, 3.8) is 0 Å². The second kappa shape index (κ2) is 7.24. The van der Waals surface area contributed by atoms with E-state index in [0.29, 0.717) is 16.6 Å². The van der Waals surface area contributed by atoms with E-state index >= 15 is 0 Å². The molecule has 1 aromatic rings. The van der Waals surface area contributed by atoms with Crippen LogP contribution in [0.2, 0.25) is 0 Å². The molecule has 0 saturated carbocycles. The molecule has 1 fully saturated rings. The number of nitrogens with one attached hydrogen (secondary N) is 3. The standard InChI is InChI=1S/C15H25N3O2S/c1-12(2)18-21(19,20)15-9-4-3-8-14(15)17-11-13-7-5-6-10-16-13/h3-4,8-9,12-13,16-18H,5-7,10-11H2,1-2H3. The summed E-state index contributed by atoms with van der Waals surface area (Å²) in [6, 6.07) is 7.35. The third kappa shape index (κ3) is 4.69. The maximum atomic E-state index is 12.3. The third-order valence-electron chi connectivity index (χ3n) is 3.52. The van der Waals surface area contributed by atoms with Gasteiger partial charge in [0, 0.05) is 18.6 Å². The lowest BCUT2D eigenvalue weighted by Crippen LogP contribution is -2.39. The average molecular weight is 311 g/mol. The van der Waals surface area contributed by atoms with E-state index in [9.17, 15) is 8.42 Å². The quantitative estimate of drug-likeness (QED) is 0.751. The molecule has 0 aromatic heterocycles. The smallest absolute Gasteiger partial charge is 0.242 e. The fourth-order valence-corrected chi connectivity index (χ4v) is 3.99. The summed E-state index contributed by atoms with van der Waals surface area (Å²) < 4.78 is 27.3. The van der Waals surface area contributed by atoms with Gasteiger partial charge in [0.25, 0.3) is 0 Å². The Kier molecular flexibility index (Phi) is 5.61. The van der Waals surface area contributed by atoms with E-state index in [-0.39, 0.29) is 6.04 Å². The van der Waals surface area contributed by atoms with E-state index in [4.69, 9.17) is 0 Å². The first kappa shape index (κ1) is 16.3. The van der Waals surface area contributed by atoms with Crippen LogP contribution in [0.15, 0.2) is 29.2 Å². The van der Waals surface area contributed by atoms with Crippen molar-refractivity contribution in [2.24, 2.45) is 0 Å². The van der Waals surface area contributed by atoms with Crippen LogP contribution in [0.1, 0.15) is 33.1 Å². The van der Waals surface area contributed by atoms with Crippen molar-refractivity contribution < 1.29 is 8.42 Å². The predicted octanol–water partition coefficient (Wildman–Crippen LogP) is 1.93. The molecule has 2 rings (SSSR count). The highest BCUT2D eigenvalue weighted by atomic mass is 32.2. The zero-order valence-corrected chi connectivity index (χ0v) is 13.5. The highest BCUT2D eigenvalue weighted by Crippen LogP contribution is 2.21. The van der Waals surface area contributed by atoms with Gasteiger partial charge in [-0.25, -0.2) is 13.1 Å². The summed E-state index contributed by atoms with van der Waals surface area (Å²) in [6.45, 7) is 5.43. The summed E-state index contributed by atoms with van der Waals surface area (Å²) in [5.41, 5.74) is 0.665. The third-order valence-corrected chi connectivity index (χ3v) is 5.24. The summed E-state index contributed by atoms with van der Waals surface area (Å²) in [6.07, 6.45) is 3.58. The number of rotatable bonds is 6. The topological polar surface area (TPSA) is 70.2 Å². The number of hydrogen-bond acceptors (Lipinski definition) is 4. The van der Waals surface area contributed by atoms with Crippen LogP contribution in [0.5, 0.6) is 0 Å². The molecule has 1 saturated heterocycles. The molecule has 118 valence electrons. The van der Waals surface area contributed by atoms with Gasteiger partial charge in [-0.1, -0.05) is 18.6 Å². The van der Waals surface area contributed by atoms with Crippen molar-refractivity contribution in [2.75, 3.05) is 18.4 Å². The molecular weight excluding hydrogens is 286 g/mol. The minimum absolute atomic E-state index is 0.122. The van der Waals surface area contributed by atoms with Crippen molar-refractivity contribution >= 4 is 15.7 Å². The molecule has 0 radical (unpaired) electrons. The van der Waals surface area contributed by atoms with Gasteiger partial charge in [0.15, 0.2) is 0 Å². The van der Waals surface area contributed by atoms with Crippen molar-refractivity contribution in [2.45, 2.75) is 50.1 Å². The van der Waals surface area contributed by atoms with Crippen molar-refractivity contribution in [1.82, 2.24) is 10.0 Å². The van der Waals surface area contributed by atoms with Gasteiger partial charge < -0.3 is 10.6 Å². The van der Waals surface area contributed by atoms with E-state index in [1.54, 1.807) is 12.1 Å². The van der Waals surface area contributed by atoms with Gasteiger partial charge >= 0.3 is 0 Å². The number of para-hydroxylation sites is 1. The monoisotopic (exact) mass is 311 g/mol. The largest absolute Gasteiger partial charge is 0.382 e. The lowest BCUT2D eigenvalue weighted by molar-refractivity contribution is 0.414. The maximum Gasteiger partial charge on any atom is 0.242 e. The molecule has 1 atom stereocenters. The Morgan fingerprint density at radius 2 is 2.05 bits per heavy atom. The summed E-state index contributed by atoms with van der Waals surface area (Å²) in [4.78, 5) is 0.314. The molecule has 1 aliphatic heterocycles. The SMILES string of the molecule is CC(C)NS(=O)(=O)c1ccccc1NCC1CCCCN1. The van der Waals surface area contributed by atoms with Crippen molar-refractivity contribution in [3.05, 3.63) is 24.3 Å². The Bertz CT molecular complexity index is 552. The Hall–Kier alpha value is -1.11. The first-order valence-electron chi connectivity index (χ1n) is 7.57. The van der Waals surface area contributed by atoms with Crippen LogP contribution in [-0.4, -0.2) is 33.6 Å². The summed E-state index contributed by atoms with van der Waals surface area (Å²) in [7, 11) is -3.48. The second-order valence-electron chi connectivity index (χ2n) is 5.80. The Balaban J connectivity index is 2.09. The van der Waals surface area contributed by atoms with Gasteiger partial charge in [0.1, 0.15) is 4.90 Å². The van der Waals surface area contributed by atoms with Crippen molar-refractivity contribution in [1.29, 1.82) is 0 Å². The van der Waals surface area contributed by atoms with Crippen LogP contribution in [0.3, 0.4) is 0 Å². The molecular formula is C15H25N3O2S. The fourth-order valence-electron chi connectivity index (χ4n) is 2.55. The van der Waals surface area contributed by atoms with Crippen molar-refractivity contribution in [3.8, 4) is 0 Å². The van der Waals surface area contributed by atoms with Gasteiger partial charge in [0.2, 0.25) is 10.0 Å². The average Bonchev–Trinajstić information content (AvgIpc) is 2.45. The predicted molar refractivity (Wildman–Crippen MR) is 86.0 cm³/mol. The lowest BCUT2D eigenvalue weighted by Gasteiger charge is -2.24. The first-order chi connectivity index (χ1) is 9.99. The Morgan fingerprint density at radius 1 is 1.29 bits per heavy atom. The normalized spacial score (nSPS) is 19.7. The van der Waals surface area contributed by atoms with Crippen LogP contribution < -0.4 is 15.4 Å². The molecule has 5 nitrogen and oxygen atoms in total. The molecule has 1 aromatic carbocycles. The summed E-state index contributed by atoms with van der Waals surface area (Å²) in [5, 5.41) is 6.73. The highest BCUT2D eigenvalue weighted by Gasteiger charge is 2.20. The highest BCUT2D eigenvalue weighted by molar-refractivity contribution is 7.89. The lowest BCUT2D eigenvalue weighted by atomic mass is 10.1. The molecule has 0 aliphatic carbocycles.